The monoisotopic (exact) mass is 492 g/mol. The van der Waals surface area contributed by atoms with E-state index in [9.17, 15) is 5.11 Å². The summed E-state index contributed by atoms with van der Waals surface area (Å²) in [6, 6.07) is 15.7. The Morgan fingerprint density at radius 2 is 1.57 bits per heavy atom. The Morgan fingerprint density at radius 3 is 2.11 bits per heavy atom. The number of hydrogen-bond donors (Lipinski definition) is 1. The summed E-state index contributed by atoms with van der Waals surface area (Å²) in [7, 11) is 3.86. The van der Waals surface area contributed by atoms with Crippen molar-refractivity contribution in [2.75, 3.05) is 0 Å². The molecular weight excluding hydrogens is 464 g/mol. The zero-order chi connectivity index (χ0) is 25.9. The molecule has 0 radical (unpaired) electrons. The van der Waals surface area contributed by atoms with Gasteiger partial charge in [-0.2, -0.15) is 0 Å². The minimum Gasteiger partial charge on any atom is -0.384 e. The van der Waals surface area contributed by atoms with Gasteiger partial charge in [0.1, 0.15) is 11.6 Å². The summed E-state index contributed by atoms with van der Waals surface area (Å²) in [6.45, 7) is 5.54. The van der Waals surface area contributed by atoms with Gasteiger partial charge in [-0.05, 0) is 57.2 Å². The van der Waals surface area contributed by atoms with Crippen LogP contribution in [0.4, 0.5) is 0 Å². The third-order valence-corrected chi connectivity index (χ3v) is 6.91. The van der Waals surface area contributed by atoms with Crippen molar-refractivity contribution >= 4 is 22.1 Å². The molecule has 0 bridgehead atoms. The highest BCUT2D eigenvalue weighted by Crippen LogP contribution is 2.40. The highest BCUT2D eigenvalue weighted by atomic mass is 16.3. The molecule has 1 N–H and O–H groups in total. The van der Waals surface area contributed by atoms with Gasteiger partial charge >= 0.3 is 0 Å². The topological polar surface area (TPSA) is 99.5 Å². The van der Waals surface area contributed by atoms with Crippen molar-refractivity contribution in [1.82, 2.24) is 39.1 Å². The molecule has 6 aromatic heterocycles. The molecule has 0 fully saturated rings. The second-order valence-electron chi connectivity index (χ2n) is 9.90. The standard InChI is InChI=1S/C28H28N8O/c1-17-25(35(5)33-32-17)18-14-21-24(31-16-18)27-22(15-23(34(27)4)28(2,3)37)36(21)26(19-10-6-8-12-29-19)20-11-7-9-13-30-20/h6-16,26,37H,1-5H3. The summed E-state index contributed by atoms with van der Waals surface area (Å²) in [5, 5.41) is 19.4. The zero-order valence-corrected chi connectivity index (χ0v) is 21.5. The number of rotatable bonds is 5. The first kappa shape index (κ1) is 23.1. The van der Waals surface area contributed by atoms with E-state index >= 15 is 0 Å². The van der Waals surface area contributed by atoms with E-state index in [2.05, 4.69) is 20.9 Å². The Balaban J connectivity index is 1.75. The first-order valence-electron chi connectivity index (χ1n) is 12.2. The molecule has 0 saturated carbocycles. The molecule has 0 spiro atoms. The minimum absolute atomic E-state index is 0.317. The van der Waals surface area contributed by atoms with Crippen molar-refractivity contribution in [1.29, 1.82) is 0 Å². The van der Waals surface area contributed by atoms with Gasteiger partial charge in [-0.3, -0.25) is 15.0 Å². The smallest absolute Gasteiger partial charge is 0.119 e. The second-order valence-corrected chi connectivity index (χ2v) is 9.90. The lowest BCUT2D eigenvalue weighted by atomic mass is 10.1. The molecule has 0 unspecified atom stereocenters. The number of fused-ring (bicyclic) bond motifs is 3. The summed E-state index contributed by atoms with van der Waals surface area (Å²) in [6.07, 6.45) is 5.47. The van der Waals surface area contributed by atoms with Crippen molar-refractivity contribution in [2.24, 2.45) is 14.1 Å². The number of pyridine rings is 3. The number of nitrogens with zero attached hydrogens (tertiary/aromatic N) is 8. The van der Waals surface area contributed by atoms with Gasteiger partial charge in [0.05, 0.1) is 50.6 Å². The van der Waals surface area contributed by atoms with Crippen LogP contribution >= 0.6 is 0 Å². The molecule has 9 heteroatoms. The van der Waals surface area contributed by atoms with Crippen molar-refractivity contribution in [3.63, 3.8) is 0 Å². The van der Waals surface area contributed by atoms with E-state index in [1.54, 1.807) is 30.9 Å². The van der Waals surface area contributed by atoms with E-state index < -0.39 is 5.60 Å². The predicted octanol–water partition coefficient (Wildman–Crippen LogP) is 4.29. The van der Waals surface area contributed by atoms with E-state index in [1.807, 2.05) is 74.2 Å². The van der Waals surface area contributed by atoms with Gasteiger partial charge < -0.3 is 14.2 Å². The SMILES string of the molecule is Cc1nnn(C)c1-c1cnc2c3c(cc(C(C)(C)O)n3C)n(C(c3ccccn3)c3ccccn3)c2c1. The van der Waals surface area contributed by atoms with Gasteiger partial charge in [-0.15, -0.1) is 5.10 Å². The number of aromatic nitrogens is 8. The van der Waals surface area contributed by atoms with E-state index in [4.69, 9.17) is 15.0 Å². The predicted molar refractivity (Wildman–Crippen MR) is 142 cm³/mol. The third-order valence-electron chi connectivity index (χ3n) is 6.91. The van der Waals surface area contributed by atoms with Crippen LogP contribution in [0.2, 0.25) is 0 Å². The molecule has 37 heavy (non-hydrogen) atoms. The minimum atomic E-state index is -1.03. The van der Waals surface area contributed by atoms with Crippen molar-refractivity contribution in [3.05, 3.63) is 89.9 Å². The Labute approximate surface area is 214 Å². The zero-order valence-electron chi connectivity index (χ0n) is 21.5. The molecule has 6 heterocycles. The van der Waals surface area contributed by atoms with Gasteiger partial charge in [0, 0.05) is 38.2 Å². The molecule has 6 aromatic rings. The molecule has 0 saturated heterocycles. The molecule has 186 valence electrons. The first-order valence-corrected chi connectivity index (χ1v) is 12.2. The van der Waals surface area contributed by atoms with Gasteiger partial charge in [0.2, 0.25) is 0 Å². The van der Waals surface area contributed by atoms with Gasteiger partial charge in [0.25, 0.3) is 0 Å². The highest BCUT2D eigenvalue weighted by molar-refractivity contribution is 6.06. The fraction of sp³-hybridized carbons (Fsp3) is 0.250. The average Bonchev–Trinajstić information content (AvgIpc) is 3.51. The van der Waals surface area contributed by atoms with Crippen molar-refractivity contribution in [3.8, 4) is 11.3 Å². The lowest BCUT2D eigenvalue weighted by Gasteiger charge is -2.21. The molecule has 0 aliphatic rings. The van der Waals surface area contributed by atoms with Crippen LogP contribution in [-0.2, 0) is 19.7 Å². The molecule has 0 amide bonds. The van der Waals surface area contributed by atoms with Crippen molar-refractivity contribution in [2.45, 2.75) is 32.4 Å². The van der Waals surface area contributed by atoms with Gasteiger partial charge in [-0.25, -0.2) is 4.68 Å². The summed E-state index contributed by atoms with van der Waals surface area (Å²) < 4.78 is 6.04. The Bertz CT molecular complexity index is 1680. The van der Waals surface area contributed by atoms with Crippen LogP contribution in [0.5, 0.6) is 0 Å². The maximum absolute atomic E-state index is 11.0. The van der Waals surface area contributed by atoms with Crippen LogP contribution in [0.3, 0.4) is 0 Å². The fourth-order valence-corrected chi connectivity index (χ4v) is 5.34. The summed E-state index contributed by atoms with van der Waals surface area (Å²) in [4.78, 5) is 14.4. The molecule has 0 aliphatic carbocycles. The second kappa shape index (κ2) is 8.35. The van der Waals surface area contributed by atoms with Crippen LogP contribution in [0.15, 0.2) is 67.1 Å². The van der Waals surface area contributed by atoms with Crippen molar-refractivity contribution < 1.29 is 5.11 Å². The number of aryl methyl sites for hydroxylation is 3. The number of hydrogen-bond acceptors (Lipinski definition) is 6. The molecule has 9 nitrogen and oxygen atoms in total. The molecular formula is C28H28N8O. The fourth-order valence-electron chi connectivity index (χ4n) is 5.34. The summed E-state index contributed by atoms with van der Waals surface area (Å²) >= 11 is 0. The highest BCUT2D eigenvalue weighted by Gasteiger charge is 2.30. The third kappa shape index (κ3) is 3.62. The maximum atomic E-state index is 11.0. The average molecular weight is 493 g/mol. The summed E-state index contributed by atoms with van der Waals surface area (Å²) in [5.74, 6) is 0. The van der Waals surface area contributed by atoms with E-state index in [0.29, 0.717) is 0 Å². The first-order chi connectivity index (χ1) is 17.8. The Morgan fingerprint density at radius 1 is 0.892 bits per heavy atom. The quantitative estimate of drug-likeness (QED) is 0.386. The molecule has 0 aromatic carbocycles. The number of aliphatic hydroxyl groups is 1. The van der Waals surface area contributed by atoms with E-state index in [0.717, 1.165) is 56.1 Å². The van der Waals surface area contributed by atoms with Gasteiger partial charge in [-0.1, -0.05) is 17.3 Å². The largest absolute Gasteiger partial charge is 0.384 e. The maximum Gasteiger partial charge on any atom is 0.119 e. The Hall–Kier alpha value is -4.37. The van der Waals surface area contributed by atoms with Gasteiger partial charge in [0.15, 0.2) is 0 Å². The summed E-state index contributed by atoms with van der Waals surface area (Å²) in [5.41, 5.74) is 7.80. The van der Waals surface area contributed by atoms with Crippen LogP contribution in [0.1, 0.15) is 42.7 Å². The Kier molecular flexibility index (Phi) is 5.20. The molecule has 6 rings (SSSR count). The van der Waals surface area contributed by atoms with Crippen LogP contribution in [-0.4, -0.2) is 44.2 Å². The normalized spacial score (nSPS) is 12.3. The lowest BCUT2D eigenvalue weighted by Crippen LogP contribution is -2.19. The molecule has 0 atom stereocenters. The van der Waals surface area contributed by atoms with Crippen LogP contribution < -0.4 is 0 Å². The van der Waals surface area contributed by atoms with Crippen LogP contribution in [0.25, 0.3) is 33.3 Å². The van der Waals surface area contributed by atoms with E-state index in [-0.39, 0.29) is 6.04 Å². The molecule has 0 aliphatic heterocycles. The van der Waals surface area contributed by atoms with E-state index in [1.165, 1.54) is 0 Å². The lowest BCUT2D eigenvalue weighted by molar-refractivity contribution is 0.0712. The van der Waals surface area contributed by atoms with Crippen LogP contribution in [0, 0.1) is 6.92 Å².